The Morgan fingerprint density at radius 1 is 1.35 bits per heavy atom. The van der Waals surface area contributed by atoms with Gasteiger partial charge in [-0.1, -0.05) is 6.07 Å². The Balaban J connectivity index is 1.83. The molecular formula is C18H13BrN4O3. The molecule has 0 aliphatic heterocycles. The van der Waals surface area contributed by atoms with Crippen molar-refractivity contribution in [1.82, 2.24) is 14.6 Å². The zero-order chi connectivity index (χ0) is 18.3. The van der Waals surface area contributed by atoms with Gasteiger partial charge < -0.3 is 14.8 Å². The van der Waals surface area contributed by atoms with Gasteiger partial charge in [0.25, 0.3) is 5.56 Å². The van der Waals surface area contributed by atoms with Crippen molar-refractivity contribution in [2.24, 2.45) is 5.10 Å². The number of rotatable bonds is 3. The summed E-state index contributed by atoms with van der Waals surface area (Å²) in [6, 6.07) is 10.6. The van der Waals surface area contributed by atoms with E-state index in [2.05, 4.69) is 31.0 Å². The number of phenols is 1. The van der Waals surface area contributed by atoms with E-state index >= 15 is 0 Å². The summed E-state index contributed by atoms with van der Waals surface area (Å²) in [5.74, 6) is 0.739. The number of benzene rings is 2. The summed E-state index contributed by atoms with van der Waals surface area (Å²) in [7, 11) is 1.58. The molecule has 0 bridgehead atoms. The van der Waals surface area contributed by atoms with E-state index in [1.54, 1.807) is 25.3 Å². The van der Waals surface area contributed by atoms with E-state index in [9.17, 15) is 9.90 Å². The molecule has 0 saturated heterocycles. The molecule has 2 heterocycles. The summed E-state index contributed by atoms with van der Waals surface area (Å²) >= 11 is 3.24. The summed E-state index contributed by atoms with van der Waals surface area (Å²) < 4.78 is 6.87. The van der Waals surface area contributed by atoms with E-state index in [0.29, 0.717) is 26.8 Å². The highest BCUT2D eigenvalue weighted by Gasteiger charge is 2.11. The first-order chi connectivity index (χ1) is 12.6. The largest absolute Gasteiger partial charge is 0.506 e. The van der Waals surface area contributed by atoms with Gasteiger partial charge in [0.1, 0.15) is 28.9 Å². The summed E-state index contributed by atoms with van der Waals surface area (Å²) in [6.45, 7) is 0. The minimum atomic E-state index is -0.337. The number of nitrogens with one attached hydrogen (secondary N) is 1. The number of hydrogen-bond acceptors (Lipinski definition) is 5. The third-order valence-corrected chi connectivity index (χ3v) is 4.68. The van der Waals surface area contributed by atoms with Gasteiger partial charge in [0.15, 0.2) is 0 Å². The second kappa shape index (κ2) is 6.30. The van der Waals surface area contributed by atoms with Crippen LogP contribution in [0.25, 0.3) is 21.9 Å². The molecule has 0 aliphatic rings. The van der Waals surface area contributed by atoms with E-state index in [0.717, 1.165) is 15.6 Å². The molecule has 2 aromatic heterocycles. The van der Waals surface area contributed by atoms with Crippen molar-refractivity contribution in [3.8, 4) is 11.5 Å². The van der Waals surface area contributed by atoms with Crippen LogP contribution in [0.4, 0.5) is 0 Å². The molecule has 0 spiro atoms. The van der Waals surface area contributed by atoms with Gasteiger partial charge in [0.2, 0.25) is 0 Å². The molecule has 2 N–H and O–H groups in total. The van der Waals surface area contributed by atoms with Crippen LogP contribution in [0.1, 0.15) is 5.56 Å². The monoisotopic (exact) mass is 412 g/mol. The van der Waals surface area contributed by atoms with Gasteiger partial charge in [-0.25, -0.2) is 4.98 Å². The van der Waals surface area contributed by atoms with Crippen LogP contribution in [-0.4, -0.2) is 33.1 Å². The number of para-hydroxylation sites is 1. The van der Waals surface area contributed by atoms with Gasteiger partial charge in [-0.15, -0.1) is 0 Å². The first kappa shape index (κ1) is 16.3. The number of phenolic OH excluding ortho intramolecular Hbond substituents is 1. The number of ether oxygens (including phenoxy) is 1. The number of halogens is 1. The van der Waals surface area contributed by atoms with Gasteiger partial charge in [-0.05, 0) is 40.2 Å². The third-order valence-electron chi connectivity index (χ3n) is 4.04. The molecule has 0 atom stereocenters. The second-order valence-electron chi connectivity index (χ2n) is 5.58. The third kappa shape index (κ3) is 2.64. The number of aromatic nitrogens is 3. The minimum Gasteiger partial charge on any atom is -0.506 e. The Morgan fingerprint density at radius 2 is 2.19 bits per heavy atom. The van der Waals surface area contributed by atoms with Crippen LogP contribution in [0, 0.1) is 0 Å². The Kier molecular flexibility index (Phi) is 3.96. The average Bonchev–Trinajstić information content (AvgIpc) is 3.03. The van der Waals surface area contributed by atoms with Crippen molar-refractivity contribution in [3.63, 3.8) is 0 Å². The van der Waals surface area contributed by atoms with Crippen molar-refractivity contribution >= 4 is 44.1 Å². The normalized spacial score (nSPS) is 11.6. The van der Waals surface area contributed by atoms with Gasteiger partial charge in [0, 0.05) is 17.0 Å². The molecule has 7 nitrogen and oxygen atoms in total. The van der Waals surface area contributed by atoms with E-state index in [4.69, 9.17) is 4.74 Å². The van der Waals surface area contributed by atoms with Crippen molar-refractivity contribution in [2.75, 3.05) is 7.11 Å². The highest BCUT2D eigenvalue weighted by atomic mass is 79.9. The minimum absolute atomic E-state index is 0.0519. The Labute approximate surface area is 155 Å². The summed E-state index contributed by atoms with van der Waals surface area (Å²) in [4.78, 5) is 20.1. The average molecular weight is 413 g/mol. The maximum absolute atomic E-state index is 12.7. The van der Waals surface area contributed by atoms with Crippen LogP contribution in [0.5, 0.6) is 11.5 Å². The smallest absolute Gasteiger partial charge is 0.298 e. The molecule has 4 aromatic rings. The fourth-order valence-electron chi connectivity index (χ4n) is 2.70. The predicted molar refractivity (Wildman–Crippen MR) is 103 cm³/mol. The van der Waals surface area contributed by atoms with Crippen LogP contribution < -0.4 is 10.3 Å². The molecule has 0 radical (unpaired) electrons. The lowest BCUT2D eigenvalue weighted by Crippen LogP contribution is -2.17. The first-order valence-electron chi connectivity index (χ1n) is 7.67. The van der Waals surface area contributed by atoms with E-state index in [-0.39, 0.29) is 11.3 Å². The number of fused-ring (bicyclic) bond motifs is 3. The number of nitrogens with zero attached hydrogens (tertiary/aromatic N) is 3. The molecule has 130 valence electrons. The van der Waals surface area contributed by atoms with Crippen LogP contribution in [0.3, 0.4) is 0 Å². The lowest BCUT2D eigenvalue weighted by atomic mass is 10.2. The summed E-state index contributed by atoms with van der Waals surface area (Å²) in [6.07, 6.45) is 2.76. The van der Waals surface area contributed by atoms with Crippen molar-refractivity contribution in [1.29, 1.82) is 0 Å². The number of aromatic hydroxyl groups is 1. The van der Waals surface area contributed by atoms with Crippen molar-refractivity contribution in [3.05, 3.63) is 63.1 Å². The molecule has 0 aliphatic carbocycles. The van der Waals surface area contributed by atoms with Crippen LogP contribution in [0.15, 0.2) is 57.1 Å². The fraction of sp³-hybridized carbons (Fsp3) is 0.0556. The number of aromatic amines is 1. The van der Waals surface area contributed by atoms with Crippen LogP contribution in [-0.2, 0) is 0 Å². The summed E-state index contributed by atoms with van der Waals surface area (Å²) in [5, 5.41) is 15.0. The van der Waals surface area contributed by atoms with Gasteiger partial charge >= 0.3 is 0 Å². The quantitative estimate of drug-likeness (QED) is 0.505. The lowest BCUT2D eigenvalue weighted by molar-refractivity contribution is 0.415. The summed E-state index contributed by atoms with van der Waals surface area (Å²) in [5.41, 5.74) is 1.83. The van der Waals surface area contributed by atoms with Crippen molar-refractivity contribution in [2.45, 2.75) is 0 Å². The number of H-pyrrole nitrogens is 1. The molecule has 0 unspecified atom stereocenters. The molecule has 0 saturated carbocycles. The Bertz CT molecular complexity index is 1230. The molecule has 8 heteroatoms. The molecule has 0 amide bonds. The topological polar surface area (TPSA) is 92.5 Å². The van der Waals surface area contributed by atoms with E-state index < -0.39 is 0 Å². The zero-order valence-corrected chi connectivity index (χ0v) is 15.2. The molecule has 2 aromatic carbocycles. The highest BCUT2D eigenvalue weighted by Crippen LogP contribution is 2.26. The number of hydrogen-bond donors (Lipinski definition) is 2. The second-order valence-corrected chi connectivity index (χ2v) is 6.43. The fourth-order valence-corrected chi connectivity index (χ4v) is 3.08. The molecule has 4 rings (SSSR count). The first-order valence-corrected chi connectivity index (χ1v) is 8.46. The Morgan fingerprint density at radius 3 is 3.00 bits per heavy atom. The number of methoxy groups -OCH3 is 1. The van der Waals surface area contributed by atoms with Crippen LogP contribution in [0.2, 0.25) is 0 Å². The van der Waals surface area contributed by atoms with E-state index in [1.807, 2.05) is 18.2 Å². The van der Waals surface area contributed by atoms with E-state index in [1.165, 1.54) is 12.5 Å². The molecule has 26 heavy (non-hydrogen) atoms. The standard InChI is InChI=1S/C18H13BrN4O3/c1-26-11-5-6-12-14(7-11)22-16-15(12)20-9-23(18(16)25)21-8-10-3-2-4-13(19)17(10)24/h2-9,22,24H,1H3. The molecule has 0 fully saturated rings. The highest BCUT2D eigenvalue weighted by molar-refractivity contribution is 9.10. The van der Waals surface area contributed by atoms with Gasteiger partial charge in [0.05, 0.1) is 23.3 Å². The molecular weight excluding hydrogens is 400 g/mol. The maximum Gasteiger partial charge on any atom is 0.298 e. The van der Waals surface area contributed by atoms with Gasteiger partial charge in [-0.2, -0.15) is 9.78 Å². The zero-order valence-electron chi connectivity index (χ0n) is 13.6. The van der Waals surface area contributed by atoms with Crippen molar-refractivity contribution < 1.29 is 9.84 Å². The maximum atomic E-state index is 12.7. The van der Waals surface area contributed by atoms with Gasteiger partial charge in [-0.3, -0.25) is 4.79 Å². The van der Waals surface area contributed by atoms with Crippen LogP contribution >= 0.6 is 15.9 Å². The Hall–Kier alpha value is -3.13. The predicted octanol–water partition coefficient (Wildman–Crippen LogP) is 3.24. The SMILES string of the molecule is COc1ccc2c(c1)[nH]c1c(=O)n(N=Cc3cccc(Br)c3O)cnc12. The lowest BCUT2D eigenvalue weighted by Gasteiger charge is -2.01.